The van der Waals surface area contributed by atoms with Crippen LogP contribution in [0.1, 0.15) is 0 Å². The van der Waals surface area contributed by atoms with Crippen molar-refractivity contribution in [3.05, 3.63) is 23.3 Å². The van der Waals surface area contributed by atoms with E-state index in [2.05, 4.69) is 15.2 Å². The molecule has 0 unspecified atom stereocenters. The van der Waals surface area contributed by atoms with Crippen LogP contribution in [0.15, 0.2) is 23.3 Å². The number of anilines is 1. The number of thiazole rings is 1. The van der Waals surface area contributed by atoms with Crippen molar-refractivity contribution in [3.63, 3.8) is 0 Å². The number of carbonyl (C=O) groups excluding carboxylic acids is 1. The van der Waals surface area contributed by atoms with E-state index in [0.717, 1.165) is 19.6 Å². The van der Waals surface area contributed by atoms with Crippen LogP contribution < -0.4 is 11.1 Å². The van der Waals surface area contributed by atoms with E-state index >= 15 is 0 Å². The van der Waals surface area contributed by atoms with Gasteiger partial charge in [0.15, 0.2) is 5.13 Å². The average Bonchev–Trinajstić information content (AvgIpc) is 3.02. The molecule has 7 nitrogen and oxygen atoms in total. The number of hydrogen-bond donors (Lipinski definition) is 2. The van der Waals surface area contributed by atoms with Gasteiger partial charge in [-0.15, -0.1) is 11.3 Å². The molecule has 2 rings (SSSR count). The molecule has 1 fully saturated rings. The maximum Gasteiger partial charge on any atom is 0.266 e. The lowest BCUT2D eigenvalue weighted by molar-refractivity contribution is -0.128. The van der Waals surface area contributed by atoms with Crippen LogP contribution in [0.3, 0.4) is 0 Å². The van der Waals surface area contributed by atoms with E-state index in [1.807, 2.05) is 11.4 Å². The number of nitrogens with zero attached hydrogens (tertiary/aromatic N) is 4. The molecule has 0 saturated carbocycles. The van der Waals surface area contributed by atoms with E-state index in [1.165, 1.54) is 17.5 Å². The Balaban J connectivity index is 1.92. The van der Waals surface area contributed by atoms with Crippen LogP contribution in [0.5, 0.6) is 0 Å². The van der Waals surface area contributed by atoms with Crippen molar-refractivity contribution in [1.29, 1.82) is 5.26 Å². The van der Waals surface area contributed by atoms with Gasteiger partial charge in [0.05, 0.1) is 0 Å². The van der Waals surface area contributed by atoms with Crippen molar-refractivity contribution >= 4 is 22.4 Å². The first-order valence-electron chi connectivity index (χ1n) is 6.72. The molecule has 1 aliphatic rings. The van der Waals surface area contributed by atoms with Crippen LogP contribution in [-0.2, 0) is 4.79 Å². The highest BCUT2D eigenvalue weighted by Gasteiger charge is 2.23. The highest BCUT2D eigenvalue weighted by Crippen LogP contribution is 2.12. The molecule has 21 heavy (non-hydrogen) atoms. The van der Waals surface area contributed by atoms with Gasteiger partial charge in [-0.2, -0.15) is 5.26 Å². The molecule has 0 radical (unpaired) electrons. The van der Waals surface area contributed by atoms with Gasteiger partial charge in [0.2, 0.25) is 0 Å². The first-order chi connectivity index (χ1) is 10.2. The average molecular weight is 306 g/mol. The molecule has 1 aliphatic heterocycles. The van der Waals surface area contributed by atoms with Crippen LogP contribution in [0.4, 0.5) is 5.13 Å². The van der Waals surface area contributed by atoms with E-state index in [-0.39, 0.29) is 11.5 Å². The van der Waals surface area contributed by atoms with Gasteiger partial charge in [-0.3, -0.25) is 9.69 Å². The van der Waals surface area contributed by atoms with E-state index in [4.69, 9.17) is 11.0 Å². The Morgan fingerprint density at radius 1 is 1.52 bits per heavy atom. The molecular formula is C13H18N6OS. The zero-order valence-electron chi connectivity index (χ0n) is 11.7. The highest BCUT2D eigenvalue weighted by atomic mass is 32.1. The minimum absolute atomic E-state index is 0.0949. The molecule has 0 bridgehead atoms. The Hall–Kier alpha value is -1.95. The van der Waals surface area contributed by atoms with Crippen LogP contribution in [-0.4, -0.2) is 60.0 Å². The number of nitrogens with one attached hydrogen (secondary N) is 1. The summed E-state index contributed by atoms with van der Waals surface area (Å²) < 4.78 is 0. The maximum atomic E-state index is 12.3. The predicted octanol–water partition coefficient (Wildman–Crippen LogP) is 0.0654. The maximum absolute atomic E-state index is 12.3. The van der Waals surface area contributed by atoms with E-state index in [1.54, 1.807) is 11.1 Å². The lowest BCUT2D eigenvalue weighted by Crippen LogP contribution is -2.50. The Kier molecular flexibility index (Phi) is 5.68. The highest BCUT2D eigenvalue weighted by molar-refractivity contribution is 7.13. The number of rotatable bonds is 5. The van der Waals surface area contributed by atoms with Gasteiger partial charge in [-0.25, -0.2) is 4.98 Å². The van der Waals surface area contributed by atoms with Crippen molar-refractivity contribution < 1.29 is 4.79 Å². The summed E-state index contributed by atoms with van der Waals surface area (Å²) in [5.74, 6) is -0.242. The van der Waals surface area contributed by atoms with Crippen molar-refractivity contribution in [1.82, 2.24) is 14.8 Å². The summed E-state index contributed by atoms with van der Waals surface area (Å²) >= 11 is 1.41. The monoisotopic (exact) mass is 306 g/mol. The van der Waals surface area contributed by atoms with Crippen LogP contribution >= 0.6 is 11.3 Å². The minimum atomic E-state index is -0.242. The molecule has 2 heterocycles. The largest absolute Gasteiger partial charge is 0.337 e. The topological polar surface area (TPSA) is 98.3 Å². The zero-order chi connectivity index (χ0) is 15.1. The Morgan fingerprint density at radius 3 is 2.86 bits per heavy atom. The van der Waals surface area contributed by atoms with Crippen molar-refractivity contribution in [3.8, 4) is 6.07 Å². The lowest BCUT2D eigenvalue weighted by Gasteiger charge is -2.34. The van der Waals surface area contributed by atoms with Gasteiger partial charge in [0.1, 0.15) is 11.6 Å². The summed E-state index contributed by atoms with van der Waals surface area (Å²) in [6, 6.07) is 1.95. The first-order valence-corrected chi connectivity index (χ1v) is 7.60. The molecule has 112 valence electrons. The van der Waals surface area contributed by atoms with Gasteiger partial charge in [-0.05, 0) is 0 Å². The van der Waals surface area contributed by atoms with Crippen molar-refractivity contribution in [2.45, 2.75) is 0 Å². The quantitative estimate of drug-likeness (QED) is 0.590. The second-order valence-corrected chi connectivity index (χ2v) is 5.47. The van der Waals surface area contributed by atoms with Crippen LogP contribution in [0, 0.1) is 11.3 Å². The fraction of sp³-hybridized carbons (Fsp3) is 0.462. The molecule has 1 amide bonds. The van der Waals surface area contributed by atoms with Gasteiger partial charge in [0.25, 0.3) is 5.91 Å². The number of amides is 1. The second-order valence-electron chi connectivity index (χ2n) is 4.57. The Bertz CT molecular complexity index is 527. The predicted molar refractivity (Wildman–Crippen MR) is 81.5 cm³/mol. The number of nitriles is 1. The van der Waals surface area contributed by atoms with Crippen molar-refractivity contribution in [2.75, 3.05) is 44.6 Å². The Morgan fingerprint density at radius 2 is 2.29 bits per heavy atom. The summed E-state index contributed by atoms with van der Waals surface area (Å²) in [6.07, 6.45) is 3.08. The number of carbonyl (C=O) groups is 1. The summed E-state index contributed by atoms with van der Waals surface area (Å²) in [6.45, 7) is 4.29. The SMILES string of the molecule is N#C/C(=C/Nc1nccs1)C(=O)N1CCN(CCN)CC1. The minimum Gasteiger partial charge on any atom is -0.337 e. The molecule has 1 aromatic rings. The summed E-state index contributed by atoms with van der Waals surface area (Å²) in [5, 5.41) is 14.5. The van der Waals surface area contributed by atoms with Gasteiger partial charge in [0, 0.05) is 57.0 Å². The standard InChI is InChI=1S/C13H18N6OS/c14-1-3-18-4-6-19(7-5-18)12(20)11(9-15)10-17-13-16-2-8-21-13/h2,8,10H,1,3-7,14H2,(H,16,17)/b11-10-. The lowest BCUT2D eigenvalue weighted by atomic mass is 10.2. The molecule has 0 atom stereocenters. The fourth-order valence-corrected chi connectivity index (χ4v) is 2.60. The van der Waals surface area contributed by atoms with Crippen LogP contribution in [0.25, 0.3) is 0 Å². The number of aromatic nitrogens is 1. The number of hydrogen-bond acceptors (Lipinski definition) is 7. The molecule has 8 heteroatoms. The van der Waals surface area contributed by atoms with Crippen molar-refractivity contribution in [2.24, 2.45) is 5.73 Å². The Labute approximate surface area is 127 Å². The van der Waals surface area contributed by atoms with E-state index < -0.39 is 0 Å². The first kappa shape index (κ1) is 15.4. The molecule has 1 saturated heterocycles. The third-order valence-corrected chi connectivity index (χ3v) is 3.93. The van der Waals surface area contributed by atoms with E-state index in [0.29, 0.717) is 24.8 Å². The van der Waals surface area contributed by atoms with Gasteiger partial charge >= 0.3 is 0 Å². The molecular weight excluding hydrogens is 288 g/mol. The zero-order valence-corrected chi connectivity index (χ0v) is 12.5. The molecule has 0 aliphatic carbocycles. The fourth-order valence-electron chi connectivity index (χ4n) is 2.10. The number of nitrogens with two attached hydrogens (primary N) is 1. The summed E-state index contributed by atoms with van der Waals surface area (Å²) in [5.41, 5.74) is 5.62. The summed E-state index contributed by atoms with van der Waals surface area (Å²) in [7, 11) is 0. The van der Waals surface area contributed by atoms with Gasteiger partial charge in [-0.1, -0.05) is 0 Å². The smallest absolute Gasteiger partial charge is 0.266 e. The number of piperazine rings is 1. The summed E-state index contributed by atoms with van der Waals surface area (Å²) in [4.78, 5) is 20.2. The normalized spacial score (nSPS) is 16.6. The molecule has 3 N–H and O–H groups in total. The molecule has 1 aromatic heterocycles. The van der Waals surface area contributed by atoms with Gasteiger partial charge < -0.3 is 16.0 Å². The second kappa shape index (κ2) is 7.73. The van der Waals surface area contributed by atoms with E-state index in [9.17, 15) is 4.79 Å². The molecule has 0 aromatic carbocycles. The third-order valence-electron chi connectivity index (χ3n) is 3.23. The molecule has 0 spiro atoms. The third kappa shape index (κ3) is 4.26. The van der Waals surface area contributed by atoms with Crippen LogP contribution in [0.2, 0.25) is 0 Å².